The van der Waals surface area contributed by atoms with Crippen molar-refractivity contribution in [2.45, 2.75) is 12.7 Å². The van der Waals surface area contributed by atoms with E-state index in [0.29, 0.717) is 24.7 Å². The molecular formula is C18H17F2NO4. The van der Waals surface area contributed by atoms with Crippen LogP contribution >= 0.6 is 0 Å². The zero-order valence-corrected chi connectivity index (χ0v) is 13.5. The molecule has 1 atom stereocenters. The number of rotatable bonds is 5. The van der Waals surface area contributed by atoms with Gasteiger partial charge < -0.3 is 19.1 Å². The van der Waals surface area contributed by atoms with E-state index < -0.39 is 6.61 Å². The fourth-order valence-corrected chi connectivity index (χ4v) is 2.57. The van der Waals surface area contributed by atoms with Gasteiger partial charge in [0.1, 0.15) is 12.4 Å². The van der Waals surface area contributed by atoms with Gasteiger partial charge in [0.15, 0.2) is 17.6 Å². The number of likely N-dealkylation sites (N-methyl/N-ethyl adjacent to an activating group) is 1. The predicted octanol–water partition coefficient (Wildman–Crippen LogP) is 3.20. The fraction of sp³-hybridized carbons (Fsp3) is 0.278. The zero-order chi connectivity index (χ0) is 17.8. The summed E-state index contributed by atoms with van der Waals surface area (Å²) in [7, 11) is 1.62. The Morgan fingerprint density at radius 2 is 2.00 bits per heavy atom. The van der Waals surface area contributed by atoms with E-state index in [1.54, 1.807) is 19.2 Å². The van der Waals surface area contributed by atoms with Gasteiger partial charge in [-0.2, -0.15) is 8.78 Å². The number of alkyl halides is 2. The van der Waals surface area contributed by atoms with Gasteiger partial charge in [0.25, 0.3) is 5.91 Å². The van der Waals surface area contributed by atoms with E-state index in [1.807, 2.05) is 18.2 Å². The van der Waals surface area contributed by atoms with Gasteiger partial charge in [-0.3, -0.25) is 4.79 Å². The summed E-state index contributed by atoms with van der Waals surface area (Å²) in [5.74, 6) is 0.930. The van der Waals surface area contributed by atoms with Crippen LogP contribution in [0, 0.1) is 0 Å². The first kappa shape index (κ1) is 17.0. The third kappa shape index (κ3) is 4.17. The first-order valence-electron chi connectivity index (χ1n) is 7.72. The average molecular weight is 349 g/mol. The normalized spacial score (nSPS) is 15.8. The number of nitrogens with zero attached hydrogens (tertiary/aromatic N) is 1. The Bertz CT molecular complexity index is 753. The predicted molar refractivity (Wildman–Crippen MR) is 86.4 cm³/mol. The minimum absolute atomic E-state index is 0.0552. The second-order valence-electron chi connectivity index (χ2n) is 5.59. The van der Waals surface area contributed by atoms with Gasteiger partial charge in [-0.1, -0.05) is 18.2 Å². The highest BCUT2D eigenvalue weighted by molar-refractivity contribution is 5.94. The second-order valence-corrected chi connectivity index (χ2v) is 5.59. The summed E-state index contributed by atoms with van der Waals surface area (Å²) in [5.41, 5.74) is 0.262. The van der Waals surface area contributed by atoms with Crippen molar-refractivity contribution in [3.05, 3.63) is 54.1 Å². The number of carbonyl (C=O) groups is 1. The molecule has 0 aromatic heterocycles. The summed E-state index contributed by atoms with van der Waals surface area (Å²) in [6.07, 6.45) is -0.315. The molecule has 5 nitrogen and oxygen atoms in total. The number of halogens is 2. The average Bonchev–Trinajstić information content (AvgIpc) is 2.60. The Morgan fingerprint density at radius 3 is 2.76 bits per heavy atom. The molecule has 2 aromatic carbocycles. The molecule has 0 saturated heterocycles. The summed E-state index contributed by atoms with van der Waals surface area (Å²) in [5, 5.41) is 0. The molecule has 3 rings (SSSR count). The Hall–Kier alpha value is -2.83. The van der Waals surface area contributed by atoms with Crippen molar-refractivity contribution in [2.24, 2.45) is 0 Å². The smallest absolute Gasteiger partial charge is 0.387 e. The minimum Gasteiger partial charge on any atom is -0.486 e. The Labute approximate surface area is 143 Å². The van der Waals surface area contributed by atoms with Crippen LogP contribution in [0.25, 0.3) is 0 Å². The van der Waals surface area contributed by atoms with Crippen molar-refractivity contribution in [2.75, 3.05) is 20.2 Å². The molecule has 0 N–H and O–H groups in total. The largest absolute Gasteiger partial charge is 0.486 e. The monoisotopic (exact) mass is 349 g/mol. The van der Waals surface area contributed by atoms with Crippen LogP contribution in [0.5, 0.6) is 17.2 Å². The van der Waals surface area contributed by atoms with Gasteiger partial charge in [-0.05, 0) is 30.3 Å². The van der Waals surface area contributed by atoms with Crippen molar-refractivity contribution in [1.82, 2.24) is 4.90 Å². The van der Waals surface area contributed by atoms with Gasteiger partial charge in [0.2, 0.25) is 0 Å². The lowest BCUT2D eigenvalue weighted by molar-refractivity contribution is -0.0499. The summed E-state index contributed by atoms with van der Waals surface area (Å²) in [6, 6.07) is 13.0. The number of hydrogen-bond donors (Lipinski definition) is 0. The fourth-order valence-electron chi connectivity index (χ4n) is 2.57. The molecule has 0 bridgehead atoms. The molecule has 0 spiro atoms. The number of benzene rings is 2. The summed E-state index contributed by atoms with van der Waals surface area (Å²) in [6.45, 7) is -2.31. The first-order valence-corrected chi connectivity index (χ1v) is 7.72. The third-order valence-electron chi connectivity index (χ3n) is 3.70. The molecule has 1 unspecified atom stereocenters. The maximum atomic E-state index is 12.5. The highest BCUT2D eigenvalue weighted by Gasteiger charge is 2.24. The van der Waals surface area contributed by atoms with E-state index in [9.17, 15) is 13.6 Å². The molecule has 2 aromatic rings. The van der Waals surface area contributed by atoms with Gasteiger partial charge in [-0.15, -0.1) is 0 Å². The highest BCUT2D eigenvalue weighted by atomic mass is 19.3. The lowest BCUT2D eigenvalue weighted by Crippen LogP contribution is -2.41. The number of amides is 1. The number of hydrogen-bond acceptors (Lipinski definition) is 4. The van der Waals surface area contributed by atoms with Gasteiger partial charge in [-0.25, -0.2) is 0 Å². The standard InChI is InChI=1S/C18H17F2NO4/c1-21(10-14-11-23-15-7-2-3-8-16(15)24-14)17(22)12-5-4-6-13(9-12)25-18(19)20/h2-9,14,18H,10-11H2,1H3. The first-order chi connectivity index (χ1) is 12.0. The number of fused-ring (bicyclic) bond motifs is 1. The van der Waals surface area contributed by atoms with Crippen LogP contribution in [0.15, 0.2) is 48.5 Å². The van der Waals surface area contributed by atoms with Crippen molar-refractivity contribution in [1.29, 1.82) is 0 Å². The Balaban J connectivity index is 1.63. The second kappa shape index (κ2) is 7.38. The van der Waals surface area contributed by atoms with Gasteiger partial charge in [0, 0.05) is 12.6 Å². The molecule has 1 aliphatic rings. The third-order valence-corrected chi connectivity index (χ3v) is 3.70. The Morgan fingerprint density at radius 1 is 1.24 bits per heavy atom. The number of ether oxygens (including phenoxy) is 3. The molecule has 1 aliphatic heterocycles. The molecule has 132 valence electrons. The molecule has 25 heavy (non-hydrogen) atoms. The van der Waals surface area contributed by atoms with Crippen molar-refractivity contribution < 1.29 is 27.8 Å². The highest BCUT2D eigenvalue weighted by Crippen LogP contribution is 2.31. The van der Waals surface area contributed by atoms with Crippen LogP contribution in [0.1, 0.15) is 10.4 Å². The molecule has 0 aliphatic carbocycles. The van der Waals surface area contributed by atoms with E-state index in [0.717, 1.165) is 0 Å². The van der Waals surface area contributed by atoms with Crippen LogP contribution in [0.4, 0.5) is 8.78 Å². The summed E-state index contributed by atoms with van der Waals surface area (Å²) in [4.78, 5) is 14.0. The van der Waals surface area contributed by atoms with E-state index in [-0.39, 0.29) is 23.3 Å². The van der Waals surface area contributed by atoms with Crippen LogP contribution in [0.3, 0.4) is 0 Å². The molecule has 7 heteroatoms. The SMILES string of the molecule is CN(CC1COc2ccccc2O1)C(=O)c1cccc(OC(F)F)c1. The van der Waals surface area contributed by atoms with Crippen molar-refractivity contribution >= 4 is 5.91 Å². The maximum Gasteiger partial charge on any atom is 0.387 e. The Kier molecular flexibility index (Phi) is 5.02. The van der Waals surface area contributed by atoms with E-state index in [1.165, 1.54) is 23.1 Å². The molecule has 0 fully saturated rings. The molecule has 0 radical (unpaired) electrons. The number of para-hydroxylation sites is 2. The lowest BCUT2D eigenvalue weighted by atomic mass is 10.2. The van der Waals surface area contributed by atoms with E-state index in [4.69, 9.17) is 9.47 Å². The topological polar surface area (TPSA) is 48.0 Å². The summed E-state index contributed by atoms with van der Waals surface area (Å²) >= 11 is 0. The zero-order valence-electron chi connectivity index (χ0n) is 13.5. The van der Waals surface area contributed by atoms with E-state index >= 15 is 0 Å². The number of carbonyl (C=O) groups excluding carboxylic acids is 1. The molecular weight excluding hydrogens is 332 g/mol. The minimum atomic E-state index is -2.93. The van der Waals surface area contributed by atoms with Gasteiger partial charge in [0.05, 0.1) is 6.54 Å². The van der Waals surface area contributed by atoms with Gasteiger partial charge >= 0.3 is 6.61 Å². The van der Waals surface area contributed by atoms with Crippen molar-refractivity contribution in [3.8, 4) is 17.2 Å². The van der Waals surface area contributed by atoms with Crippen LogP contribution in [-0.4, -0.2) is 43.7 Å². The van der Waals surface area contributed by atoms with Crippen LogP contribution in [0.2, 0.25) is 0 Å². The molecule has 1 amide bonds. The maximum absolute atomic E-state index is 12.5. The molecule has 1 heterocycles. The quantitative estimate of drug-likeness (QED) is 0.832. The van der Waals surface area contributed by atoms with Crippen LogP contribution < -0.4 is 14.2 Å². The lowest BCUT2D eigenvalue weighted by Gasteiger charge is -2.29. The van der Waals surface area contributed by atoms with Crippen LogP contribution in [-0.2, 0) is 0 Å². The van der Waals surface area contributed by atoms with Crippen molar-refractivity contribution in [3.63, 3.8) is 0 Å². The summed E-state index contributed by atoms with van der Waals surface area (Å²) < 4.78 is 40.4. The van der Waals surface area contributed by atoms with E-state index in [2.05, 4.69) is 4.74 Å². The molecule has 0 saturated carbocycles.